The summed E-state index contributed by atoms with van der Waals surface area (Å²) in [7, 11) is 1.53. The van der Waals surface area contributed by atoms with Gasteiger partial charge in [-0.15, -0.1) is 0 Å². The molecule has 0 saturated carbocycles. The molecule has 0 aromatic rings. The minimum atomic E-state index is -0.989. The van der Waals surface area contributed by atoms with Crippen molar-refractivity contribution in [1.82, 2.24) is 4.90 Å². The van der Waals surface area contributed by atoms with E-state index in [-0.39, 0.29) is 29.9 Å². The minimum Gasteiger partial charge on any atom is -0.480 e. The molecule has 1 fully saturated rings. The molecule has 110 valence electrons. The van der Waals surface area contributed by atoms with Crippen LogP contribution >= 0.6 is 0 Å². The Hall–Kier alpha value is -1.14. The number of carboxylic acid groups (broad SMARTS) is 1. The summed E-state index contributed by atoms with van der Waals surface area (Å²) in [6.45, 7) is 6.20. The summed E-state index contributed by atoms with van der Waals surface area (Å²) < 4.78 is 5.16. The highest BCUT2D eigenvalue weighted by atomic mass is 16.5. The van der Waals surface area contributed by atoms with Crippen molar-refractivity contribution in [2.24, 2.45) is 11.1 Å². The first-order chi connectivity index (χ1) is 8.66. The fraction of sp³-hybridized carbons (Fsp3) is 0.846. The van der Waals surface area contributed by atoms with Crippen LogP contribution in [0.5, 0.6) is 0 Å². The van der Waals surface area contributed by atoms with Crippen molar-refractivity contribution in [3.8, 4) is 0 Å². The Morgan fingerprint density at radius 2 is 2.05 bits per heavy atom. The average Bonchev–Trinajstić information content (AvgIpc) is 2.71. The lowest BCUT2D eigenvalue weighted by molar-refractivity contribution is -0.148. The Morgan fingerprint density at radius 3 is 2.47 bits per heavy atom. The van der Waals surface area contributed by atoms with Gasteiger partial charge in [0.1, 0.15) is 6.04 Å². The molecule has 1 heterocycles. The molecule has 0 spiro atoms. The lowest BCUT2D eigenvalue weighted by Crippen LogP contribution is -2.45. The van der Waals surface area contributed by atoms with Gasteiger partial charge in [-0.2, -0.15) is 0 Å². The highest BCUT2D eigenvalue weighted by molar-refractivity contribution is 5.84. The van der Waals surface area contributed by atoms with Crippen molar-refractivity contribution in [2.75, 3.05) is 13.7 Å². The number of ether oxygens (including phenoxy) is 1. The number of carbonyl (C=O) groups is 2. The molecule has 0 aliphatic carbocycles. The molecule has 0 bridgehead atoms. The summed E-state index contributed by atoms with van der Waals surface area (Å²) in [5, 5.41) is 9.16. The molecule has 6 heteroatoms. The smallest absolute Gasteiger partial charge is 0.326 e. The predicted octanol–water partition coefficient (Wildman–Crippen LogP) is 0.450. The fourth-order valence-corrected chi connectivity index (χ4v) is 2.09. The summed E-state index contributed by atoms with van der Waals surface area (Å²) >= 11 is 0. The number of carboxylic acids is 1. The standard InChI is InChI=1S/C13H24N2O4/c1-13(2,3)10(14)6-11(16)15-7-8(19-4)5-9(15)12(17)18/h8-10H,5-7,14H2,1-4H3,(H,17,18). The first-order valence-electron chi connectivity index (χ1n) is 6.47. The summed E-state index contributed by atoms with van der Waals surface area (Å²) in [5.41, 5.74) is 5.80. The fourth-order valence-electron chi connectivity index (χ4n) is 2.09. The molecular weight excluding hydrogens is 248 g/mol. The van der Waals surface area contributed by atoms with Gasteiger partial charge in [-0.3, -0.25) is 4.79 Å². The van der Waals surface area contributed by atoms with Crippen molar-refractivity contribution in [1.29, 1.82) is 0 Å². The van der Waals surface area contributed by atoms with Gasteiger partial charge < -0.3 is 20.5 Å². The highest BCUT2D eigenvalue weighted by Gasteiger charge is 2.40. The third-order valence-corrected chi connectivity index (χ3v) is 3.71. The van der Waals surface area contributed by atoms with Gasteiger partial charge in [0, 0.05) is 32.5 Å². The van der Waals surface area contributed by atoms with Gasteiger partial charge in [-0.25, -0.2) is 4.79 Å². The van der Waals surface area contributed by atoms with Crippen LogP contribution in [-0.2, 0) is 14.3 Å². The molecule has 3 unspecified atom stereocenters. The first kappa shape index (κ1) is 15.9. The maximum atomic E-state index is 12.2. The van der Waals surface area contributed by atoms with Crippen LogP contribution in [0.15, 0.2) is 0 Å². The third kappa shape index (κ3) is 3.91. The zero-order valence-corrected chi connectivity index (χ0v) is 12.0. The van der Waals surface area contributed by atoms with Gasteiger partial charge in [0.2, 0.25) is 5.91 Å². The Labute approximate surface area is 113 Å². The molecule has 19 heavy (non-hydrogen) atoms. The quantitative estimate of drug-likeness (QED) is 0.775. The van der Waals surface area contributed by atoms with Crippen LogP contribution < -0.4 is 5.73 Å². The van der Waals surface area contributed by atoms with Crippen LogP contribution in [0.4, 0.5) is 0 Å². The number of hydrogen-bond acceptors (Lipinski definition) is 4. The third-order valence-electron chi connectivity index (χ3n) is 3.71. The lowest BCUT2D eigenvalue weighted by atomic mass is 9.85. The maximum Gasteiger partial charge on any atom is 0.326 e. The number of hydrogen-bond donors (Lipinski definition) is 2. The molecule has 1 amide bonds. The Balaban J connectivity index is 2.72. The zero-order chi connectivity index (χ0) is 14.8. The van der Waals surface area contributed by atoms with Gasteiger partial charge in [-0.1, -0.05) is 20.8 Å². The van der Waals surface area contributed by atoms with E-state index in [0.29, 0.717) is 13.0 Å². The summed E-state index contributed by atoms with van der Waals surface area (Å²) in [6, 6.07) is -1.10. The van der Waals surface area contributed by atoms with Crippen LogP contribution in [-0.4, -0.2) is 53.7 Å². The number of methoxy groups -OCH3 is 1. The molecule has 3 N–H and O–H groups in total. The molecular formula is C13H24N2O4. The molecule has 0 radical (unpaired) electrons. The number of rotatable bonds is 4. The van der Waals surface area contributed by atoms with E-state index < -0.39 is 12.0 Å². The molecule has 1 aliphatic heterocycles. The molecule has 1 saturated heterocycles. The Kier molecular flexibility index (Phi) is 4.92. The van der Waals surface area contributed by atoms with Crippen molar-refractivity contribution in [3.63, 3.8) is 0 Å². The molecule has 3 atom stereocenters. The lowest BCUT2D eigenvalue weighted by Gasteiger charge is -2.29. The van der Waals surface area contributed by atoms with Gasteiger partial charge in [0.15, 0.2) is 0 Å². The van der Waals surface area contributed by atoms with E-state index in [9.17, 15) is 9.59 Å². The number of likely N-dealkylation sites (tertiary alicyclic amines) is 1. The Morgan fingerprint density at radius 1 is 1.47 bits per heavy atom. The Bertz CT molecular complexity index is 351. The second-order valence-electron chi connectivity index (χ2n) is 6.17. The summed E-state index contributed by atoms with van der Waals surface area (Å²) in [4.78, 5) is 24.8. The second-order valence-corrected chi connectivity index (χ2v) is 6.17. The van der Waals surface area contributed by atoms with Gasteiger partial charge in [0.05, 0.1) is 6.10 Å². The van der Waals surface area contributed by atoms with Crippen molar-refractivity contribution >= 4 is 11.9 Å². The largest absolute Gasteiger partial charge is 0.480 e. The summed E-state index contributed by atoms with van der Waals surface area (Å²) in [6.07, 6.45) is 0.280. The van der Waals surface area contributed by atoms with E-state index in [1.54, 1.807) is 0 Å². The number of amides is 1. The molecule has 1 rings (SSSR count). The number of nitrogens with zero attached hydrogens (tertiary/aromatic N) is 1. The molecule has 1 aliphatic rings. The van der Waals surface area contributed by atoms with Crippen molar-refractivity contribution in [2.45, 2.75) is 51.8 Å². The van der Waals surface area contributed by atoms with E-state index in [0.717, 1.165) is 0 Å². The van der Waals surface area contributed by atoms with Crippen molar-refractivity contribution in [3.05, 3.63) is 0 Å². The van der Waals surface area contributed by atoms with Crippen LogP contribution in [0.3, 0.4) is 0 Å². The monoisotopic (exact) mass is 272 g/mol. The first-order valence-corrected chi connectivity index (χ1v) is 6.47. The van der Waals surface area contributed by atoms with Gasteiger partial charge in [0.25, 0.3) is 0 Å². The average molecular weight is 272 g/mol. The van der Waals surface area contributed by atoms with E-state index >= 15 is 0 Å². The molecule has 6 nitrogen and oxygen atoms in total. The van der Waals surface area contributed by atoms with Crippen LogP contribution in [0.25, 0.3) is 0 Å². The minimum absolute atomic E-state index is 0.156. The molecule has 0 aromatic carbocycles. The molecule has 0 aromatic heterocycles. The topological polar surface area (TPSA) is 92.9 Å². The summed E-state index contributed by atoms with van der Waals surface area (Å²) in [5.74, 6) is -1.20. The normalized spacial score (nSPS) is 25.4. The van der Waals surface area contributed by atoms with Crippen LogP contribution in [0.2, 0.25) is 0 Å². The van der Waals surface area contributed by atoms with Crippen LogP contribution in [0, 0.1) is 5.41 Å². The number of carbonyl (C=O) groups excluding carboxylic acids is 1. The van der Waals surface area contributed by atoms with E-state index in [1.165, 1.54) is 12.0 Å². The van der Waals surface area contributed by atoms with E-state index in [4.69, 9.17) is 15.6 Å². The predicted molar refractivity (Wildman–Crippen MR) is 70.6 cm³/mol. The SMILES string of the molecule is COC1CC(C(=O)O)N(C(=O)CC(N)C(C)(C)C)C1. The van der Waals surface area contributed by atoms with E-state index in [1.807, 2.05) is 20.8 Å². The maximum absolute atomic E-state index is 12.2. The van der Waals surface area contributed by atoms with Crippen LogP contribution in [0.1, 0.15) is 33.6 Å². The van der Waals surface area contributed by atoms with Crippen molar-refractivity contribution < 1.29 is 19.4 Å². The zero-order valence-electron chi connectivity index (χ0n) is 12.0. The number of nitrogens with two attached hydrogens (primary N) is 1. The highest BCUT2D eigenvalue weighted by Crippen LogP contribution is 2.25. The second kappa shape index (κ2) is 5.88. The van der Waals surface area contributed by atoms with E-state index in [2.05, 4.69) is 0 Å². The van der Waals surface area contributed by atoms with Gasteiger partial charge >= 0.3 is 5.97 Å². The van der Waals surface area contributed by atoms with Gasteiger partial charge in [-0.05, 0) is 5.41 Å². The number of aliphatic carboxylic acids is 1.